The van der Waals surface area contributed by atoms with Gasteiger partial charge in [0.2, 0.25) is 0 Å². The Bertz CT molecular complexity index is 378. The number of hydrogen-bond acceptors (Lipinski definition) is 2. The molecular weight excluding hydrogens is 216 g/mol. The molecule has 0 heterocycles. The predicted octanol–water partition coefficient (Wildman–Crippen LogP) is 3.01. The van der Waals surface area contributed by atoms with E-state index in [1.807, 2.05) is 6.92 Å². The third kappa shape index (κ3) is 4.76. The minimum atomic E-state index is -0.199. The molecule has 1 aromatic carbocycles. The molecule has 0 atom stereocenters. The number of anilines is 1. The maximum atomic E-state index is 11.5. The number of carbonyl (C=O) groups excluding carboxylic acids is 1. The quantitative estimate of drug-likeness (QED) is 0.543. The zero-order valence-electron chi connectivity index (χ0n) is 10.4. The van der Waals surface area contributed by atoms with Crippen molar-refractivity contribution in [2.75, 3.05) is 11.9 Å². The maximum absolute atomic E-state index is 11.5. The van der Waals surface area contributed by atoms with Crippen LogP contribution in [0, 0.1) is 6.92 Å². The van der Waals surface area contributed by atoms with Crippen LogP contribution in [-0.4, -0.2) is 17.7 Å². The lowest BCUT2D eigenvalue weighted by Crippen LogP contribution is -2.29. The van der Waals surface area contributed by atoms with Crippen LogP contribution in [0.25, 0.3) is 0 Å². The van der Waals surface area contributed by atoms with Gasteiger partial charge in [0.25, 0.3) is 0 Å². The van der Waals surface area contributed by atoms with E-state index in [2.05, 4.69) is 17.6 Å². The number of rotatable bonds is 5. The number of aromatic hydroxyl groups is 1. The monoisotopic (exact) mass is 236 g/mol. The van der Waals surface area contributed by atoms with Gasteiger partial charge in [-0.15, -0.1) is 0 Å². The Morgan fingerprint density at radius 2 is 2.12 bits per heavy atom. The van der Waals surface area contributed by atoms with E-state index in [-0.39, 0.29) is 11.8 Å². The Labute approximate surface area is 102 Å². The van der Waals surface area contributed by atoms with Gasteiger partial charge >= 0.3 is 6.03 Å². The third-order valence-electron chi connectivity index (χ3n) is 2.52. The molecule has 0 aliphatic rings. The molecule has 1 aromatic rings. The first-order chi connectivity index (χ1) is 8.13. The number of benzene rings is 1. The van der Waals surface area contributed by atoms with E-state index < -0.39 is 0 Å². The van der Waals surface area contributed by atoms with E-state index in [1.54, 1.807) is 18.2 Å². The molecule has 0 saturated heterocycles. The van der Waals surface area contributed by atoms with Gasteiger partial charge in [-0.25, -0.2) is 4.79 Å². The van der Waals surface area contributed by atoms with Crippen LogP contribution in [0.15, 0.2) is 18.2 Å². The van der Waals surface area contributed by atoms with E-state index in [4.69, 9.17) is 0 Å². The standard InChI is InChI=1S/C13H20N2O2/c1-3-4-5-8-14-13(17)15-12-7-6-11(16)9-10(12)2/h6-7,9,16H,3-5,8H2,1-2H3,(H2,14,15,17). The summed E-state index contributed by atoms with van der Waals surface area (Å²) >= 11 is 0. The van der Waals surface area contributed by atoms with Gasteiger partial charge < -0.3 is 15.7 Å². The maximum Gasteiger partial charge on any atom is 0.319 e. The summed E-state index contributed by atoms with van der Waals surface area (Å²) in [6, 6.07) is 4.66. The Morgan fingerprint density at radius 3 is 2.76 bits per heavy atom. The van der Waals surface area contributed by atoms with E-state index in [1.165, 1.54) is 0 Å². The lowest BCUT2D eigenvalue weighted by Gasteiger charge is -2.09. The Hall–Kier alpha value is -1.71. The number of amides is 2. The lowest BCUT2D eigenvalue weighted by molar-refractivity contribution is 0.252. The molecule has 0 aliphatic carbocycles. The molecule has 0 radical (unpaired) electrons. The van der Waals surface area contributed by atoms with Gasteiger partial charge in [-0.3, -0.25) is 0 Å². The van der Waals surface area contributed by atoms with Gasteiger partial charge in [0.15, 0.2) is 0 Å². The second-order valence-electron chi connectivity index (χ2n) is 4.09. The van der Waals surface area contributed by atoms with Crippen molar-refractivity contribution < 1.29 is 9.90 Å². The molecule has 0 aromatic heterocycles. The van der Waals surface area contributed by atoms with Crippen LogP contribution in [-0.2, 0) is 0 Å². The number of phenolic OH excluding ortho intramolecular Hbond substituents is 1. The summed E-state index contributed by atoms with van der Waals surface area (Å²) in [6.07, 6.45) is 3.26. The van der Waals surface area contributed by atoms with E-state index in [0.717, 1.165) is 30.5 Å². The SMILES string of the molecule is CCCCCNC(=O)Nc1ccc(O)cc1C. The van der Waals surface area contributed by atoms with E-state index in [9.17, 15) is 9.90 Å². The van der Waals surface area contributed by atoms with Gasteiger partial charge in [0.05, 0.1) is 0 Å². The highest BCUT2D eigenvalue weighted by atomic mass is 16.3. The van der Waals surface area contributed by atoms with Crippen LogP contribution in [0.2, 0.25) is 0 Å². The van der Waals surface area contributed by atoms with Crippen molar-refractivity contribution in [1.82, 2.24) is 5.32 Å². The van der Waals surface area contributed by atoms with E-state index >= 15 is 0 Å². The van der Waals surface area contributed by atoms with Crippen LogP contribution >= 0.6 is 0 Å². The molecule has 2 amide bonds. The summed E-state index contributed by atoms with van der Waals surface area (Å²) < 4.78 is 0. The minimum Gasteiger partial charge on any atom is -0.508 e. The summed E-state index contributed by atoms with van der Waals surface area (Å²) in [5.41, 5.74) is 1.56. The van der Waals surface area contributed by atoms with Gasteiger partial charge in [-0.2, -0.15) is 0 Å². The van der Waals surface area contributed by atoms with Crippen LogP contribution in [0.3, 0.4) is 0 Å². The average molecular weight is 236 g/mol. The molecule has 1 rings (SSSR count). The zero-order valence-corrected chi connectivity index (χ0v) is 10.4. The predicted molar refractivity (Wildman–Crippen MR) is 69.4 cm³/mol. The highest BCUT2D eigenvalue weighted by Crippen LogP contribution is 2.19. The molecule has 4 nitrogen and oxygen atoms in total. The van der Waals surface area contributed by atoms with Gasteiger partial charge in [0.1, 0.15) is 5.75 Å². The molecule has 94 valence electrons. The largest absolute Gasteiger partial charge is 0.508 e. The molecule has 0 fully saturated rings. The van der Waals surface area contributed by atoms with Crippen molar-refractivity contribution in [2.24, 2.45) is 0 Å². The molecule has 0 aliphatic heterocycles. The van der Waals surface area contributed by atoms with Crippen molar-refractivity contribution >= 4 is 11.7 Å². The molecule has 0 spiro atoms. The summed E-state index contributed by atoms with van der Waals surface area (Å²) in [6.45, 7) is 4.66. The number of urea groups is 1. The fourth-order valence-electron chi connectivity index (χ4n) is 1.53. The second-order valence-corrected chi connectivity index (χ2v) is 4.09. The van der Waals surface area contributed by atoms with Crippen LogP contribution < -0.4 is 10.6 Å². The molecule has 3 N–H and O–H groups in total. The highest BCUT2D eigenvalue weighted by Gasteiger charge is 2.03. The number of aryl methyl sites for hydroxylation is 1. The van der Waals surface area contributed by atoms with Gasteiger partial charge in [0, 0.05) is 12.2 Å². The summed E-state index contributed by atoms with van der Waals surface area (Å²) in [5, 5.41) is 14.8. The summed E-state index contributed by atoms with van der Waals surface area (Å²) in [4.78, 5) is 11.5. The Balaban J connectivity index is 2.40. The smallest absolute Gasteiger partial charge is 0.319 e. The third-order valence-corrected chi connectivity index (χ3v) is 2.52. The van der Waals surface area contributed by atoms with Crippen molar-refractivity contribution in [1.29, 1.82) is 0 Å². The minimum absolute atomic E-state index is 0.199. The van der Waals surface area contributed by atoms with Crippen LogP contribution in [0.4, 0.5) is 10.5 Å². The summed E-state index contributed by atoms with van der Waals surface area (Å²) in [5.74, 6) is 0.205. The number of unbranched alkanes of at least 4 members (excludes halogenated alkanes) is 2. The number of phenols is 1. The van der Waals surface area contributed by atoms with Gasteiger partial charge in [-0.05, 0) is 37.1 Å². The van der Waals surface area contributed by atoms with Gasteiger partial charge in [-0.1, -0.05) is 19.8 Å². The zero-order chi connectivity index (χ0) is 12.7. The number of carbonyl (C=O) groups is 1. The lowest BCUT2D eigenvalue weighted by atomic mass is 10.2. The molecule has 17 heavy (non-hydrogen) atoms. The van der Waals surface area contributed by atoms with Crippen LogP contribution in [0.1, 0.15) is 31.7 Å². The molecule has 4 heteroatoms. The van der Waals surface area contributed by atoms with E-state index in [0.29, 0.717) is 6.54 Å². The fraction of sp³-hybridized carbons (Fsp3) is 0.462. The first kappa shape index (κ1) is 13.4. The topological polar surface area (TPSA) is 61.4 Å². The second kappa shape index (κ2) is 6.78. The molecule has 0 bridgehead atoms. The first-order valence-corrected chi connectivity index (χ1v) is 5.98. The first-order valence-electron chi connectivity index (χ1n) is 5.98. The highest BCUT2D eigenvalue weighted by molar-refractivity contribution is 5.90. The average Bonchev–Trinajstić information content (AvgIpc) is 2.28. The van der Waals surface area contributed by atoms with Crippen molar-refractivity contribution in [3.63, 3.8) is 0 Å². The Kier molecular flexibility index (Phi) is 5.33. The molecule has 0 unspecified atom stereocenters. The normalized spacial score (nSPS) is 10.0. The van der Waals surface area contributed by atoms with Crippen LogP contribution in [0.5, 0.6) is 5.75 Å². The fourth-order valence-corrected chi connectivity index (χ4v) is 1.53. The summed E-state index contributed by atoms with van der Waals surface area (Å²) in [7, 11) is 0. The molecule has 0 saturated carbocycles. The van der Waals surface area contributed by atoms with Crippen molar-refractivity contribution in [2.45, 2.75) is 33.1 Å². The van der Waals surface area contributed by atoms with Crippen molar-refractivity contribution in [3.05, 3.63) is 23.8 Å². The number of nitrogens with one attached hydrogen (secondary N) is 2. The Morgan fingerprint density at radius 1 is 1.35 bits per heavy atom. The van der Waals surface area contributed by atoms with Crippen molar-refractivity contribution in [3.8, 4) is 5.75 Å². The molecular formula is C13H20N2O2. The number of hydrogen-bond donors (Lipinski definition) is 3.